The molecule has 32 heavy (non-hydrogen) atoms. The topological polar surface area (TPSA) is 84.5 Å². The zero-order chi connectivity index (χ0) is 22.8. The Morgan fingerprint density at radius 2 is 1.81 bits per heavy atom. The van der Waals surface area contributed by atoms with Gasteiger partial charge in [0.25, 0.3) is 0 Å². The Labute approximate surface area is 189 Å². The van der Waals surface area contributed by atoms with Crippen LogP contribution in [0.15, 0.2) is 66.7 Å². The summed E-state index contributed by atoms with van der Waals surface area (Å²) >= 11 is 0. The summed E-state index contributed by atoms with van der Waals surface area (Å²) in [7, 11) is 0. The number of cyclic esters (lactones) is 1. The second kappa shape index (κ2) is 11.8. The molecule has 2 amide bonds. The highest BCUT2D eigenvalue weighted by Crippen LogP contribution is 2.19. The Hall–Kier alpha value is -3.41. The van der Waals surface area contributed by atoms with E-state index in [4.69, 9.17) is 4.74 Å². The van der Waals surface area contributed by atoms with Gasteiger partial charge in [-0.05, 0) is 30.9 Å². The van der Waals surface area contributed by atoms with Crippen LogP contribution >= 0.6 is 0 Å². The average molecular weight is 435 g/mol. The van der Waals surface area contributed by atoms with Crippen molar-refractivity contribution in [1.82, 2.24) is 10.6 Å². The van der Waals surface area contributed by atoms with Crippen LogP contribution in [-0.2, 0) is 25.7 Å². The molecule has 0 radical (unpaired) electrons. The number of hydrogen-bond donors (Lipinski definition) is 2. The van der Waals surface area contributed by atoms with Crippen LogP contribution in [0, 0.1) is 12.8 Å². The van der Waals surface area contributed by atoms with E-state index in [-0.39, 0.29) is 37.2 Å². The van der Waals surface area contributed by atoms with Gasteiger partial charge in [-0.3, -0.25) is 14.4 Å². The van der Waals surface area contributed by atoms with Gasteiger partial charge in [0.1, 0.15) is 6.10 Å². The fourth-order valence-corrected chi connectivity index (χ4v) is 3.52. The molecule has 0 unspecified atom stereocenters. The van der Waals surface area contributed by atoms with Crippen LogP contribution in [0.3, 0.4) is 0 Å². The summed E-state index contributed by atoms with van der Waals surface area (Å²) in [6, 6.07) is 17.3. The summed E-state index contributed by atoms with van der Waals surface area (Å²) in [5.41, 5.74) is 3.00. The predicted octanol–water partition coefficient (Wildman–Crippen LogP) is 3.76. The molecular formula is C26H30N2O4. The van der Waals surface area contributed by atoms with Crippen molar-refractivity contribution in [2.75, 3.05) is 6.54 Å². The lowest BCUT2D eigenvalue weighted by molar-refractivity contribution is -0.150. The number of allylic oxidation sites excluding steroid dienone is 2. The highest BCUT2D eigenvalue weighted by Gasteiger charge is 2.24. The quantitative estimate of drug-likeness (QED) is 0.554. The van der Waals surface area contributed by atoms with Crippen molar-refractivity contribution >= 4 is 17.8 Å². The molecule has 0 spiro atoms. The van der Waals surface area contributed by atoms with Crippen molar-refractivity contribution < 1.29 is 19.1 Å². The lowest BCUT2D eigenvalue weighted by Gasteiger charge is -2.21. The lowest BCUT2D eigenvalue weighted by atomic mass is 9.98. The first-order valence-corrected chi connectivity index (χ1v) is 11.0. The van der Waals surface area contributed by atoms with Gasteiger partial charge in [-0.1, -0.05) is 72.3 Å². The van der Waals surface area contributed by atoms with Crippen molar-refractivity contribution in [3.63, 3.8) is 0 Å². The van der Waals surface area contributed by atoms with Crippen molar-refractivity contribution in [3.8, 4) is 0 Å². The second-order valence-electron chi connectivity index (χ2n) is 8.04. The van der Waals surface area contributed by atoms with Crippen molar-refractivity contribution in [1.29, 1.82) is 0 Å². The van der Waals surface area contributed by atoms with Crippen LogP contribution in [0.25, 0.3) is 0 Å². The average Bonchev–Trinajstić information content (AvgIpc) is 2.80. The first-order chi connectivity index (χ1) is 15.5. The first-order valence-electron chi connectivity index (χ1n) is 11.0. The third-order valence-electron chi connectivity index (χ3n) is 5.42. The number of benzene rings is 2. The van der Waals surface area contributed by atoms with E-state index in [1.54, 1.807) is 0 Å². The van der Waals surface area contributed by atoms with Crippen LogP contribution < -0.4 is 10.6 Å². The molecule has 0 aromatic heterocycles. The second-order valence-corrected chi connectivity index (χ2v) is 8.04. The minimum atomic E-state index is -0.563. The van der Waals surface area contributed by atoms with Gasteiger partial charge in [-0.25, -0.2) is 0 Å². The fourth-order valence-electron chi connectivity index (χ4n) is 3.52. The van der Waals surface area contributed by atoms with Crippen LogP contribution in [0.4, 0.5) is 0 Å². The first kappa shape index (κ1) is 23.3. The third-order valence-corrected chi connectivity index (χ3v) is 5.42. The molecule has 0 bridgehead atoms. The summed E-state index contributed by atoms with van der Waals surface area (Å²) in [5, 5.41) is 5.78. The van der Waals surface area contributed by atoms with Gasteiger partial charge in [0.15, 0.2) is 0 Å². The Kier molecular flexibility index (Phi) is 8.61. The van der Waals surface area contributed by atoms with E-state index in [1.165, 1.54) is 0 Å². The lowest BCUT2D eigenvalue weighted by Crippen LogP contribution is -2.37. The Balaban J connectivity index is 1.62. The smallest absolute Gasteiger partial charge is 0.306 e. The molecule has 2 atom stereocenters. The van der Waals surface area contributed by atoms with Gasteiger partial charge in [0.2, 0.25) is 11.8 Å². The van der Waals surface area contributed by atoms with E-state index in [2.05, 4.69) is 10.6 Å². The highest BCUT2D eigenvalue weighted by molar-refractivity contribution is 5.86. The summed E-state index contributed by atoms with van der Waals surface area (Å²) in [4.78, 5) is 37.5. The maximum absolute atomic E-state index is 12.9. The number of esters is 1. The Morgan fingerprint density at radius 3 is 2.56 bits per heavy atom. The zero-order valence-corrected chi connectivity index (χ0v) is 18.4. The fraction of sp³-hybridized carbons (Fsp3) is 0.346. The molecule has 3 rings (SSSR count). The van der Waals surface area contributed by atoms with Crippen LogP contribution in [0.1, 0.15) is 48.5 Å². The molecule has 1 aliphatic rings. The van der Waals surface area contributed by atoms with E-state index < -0.39 is 12.0 Å². The van der Waals surface area contributed by atoms with Crippen molar-refractivity contribution in [2.45, 2.75) is 45.3 Å². The van der Waals surface area contributed by atoms with Gasteiger partial charge in [0.05, 0.1) is 12.5 Å². The molecule has 2 aromatic carbocycles. The number of rotatable bonds is 5. The molecular weight excluding hydrogens is 404 g/mol. The molecule has 0 saturated heterocycles. The normalized spacial score (nSPS) is 20.8. The Morgan fingerprint density at radius 1 is 1.06 bits per heavy atom. The highest BCUT2D eigenvalue weighted by atomic mass is 16.5. The van der Waals surface area contributed by atoms with Gasteiger partial charge in [-0.2, -0.15) is 0 Å². The number of ether oxygens (including phenoxy) is 1. The van der Waals surface area contributed by atoms with E-state index >= 15 is 0 Å². The van der Waals surface area contributed by atoms with E-state index in [9.17, 15) is 14.4 Å². The van der Waals surface area contributed by atoms with E-state index in [1.807, 2.05) is 73.7 Å². The van der Waals surface area contributed by atoms with Crippen LogP contribution in [0.5, 0.6) is 0 Å². The SMILES string of the molecule is Cc1ccc(CNC(=O)C[C@@H]2C/C=C/CCC(=O)O[C@H](c3ccccc3)CNC2=O)cc1. The number of hydrogen-bond acceptors (Lipinski definition) is 4. The minimum Gasteiger partial charge on any atom is -0.456 e. The van der Waals surface area contributed by atoms with Crippen molar-refractivity contribution in [3.05, 3.63) is 83.4 Å². The Bertz CT molecular complexity index is 938. The summed E-state index contributed by atoms with van der Waals surface area (Å²) < 4.78 is 5.60. The molecule has 1 heterocycles. The van der Waals surface area contributed by atoms with Crippen molar-refractivity contribution in [2.24, 2.45) is 5.92 Å². The number of carbonyl (C=O) groups excluding carboxylic acids is 3. The summed E-state index contributed by atoms with van der Waals surface area (Å²) in [6.07, 6.45) is 4.51. The monoisotopic (exact) mass is 434 g/mol. The largest absolute Gasteiger partial charge is 0.456 e. The third kappa shape index (κ3) is 7.38. The van der Waals surface area contributed by atoms with E-state index in [0.29, 0.717) is 19.4 Å². The molecule has 6 nitrogen and oxygen atoms in total. The zero-order valence-electron chi connectivity index (χ0n) is 18.4. The molecule has 168 valence electrons. The molecule has 0 saturated carbocycles. The summed E-state index contributed by atoms with van der Waals surface area (Å²) in [6.45, 7) is 2.61. The van der Waals surface area contributed by atoms with Crippen LogP contribution in [-0.4, -0.2) is 24.3 Å². The molecule has 0 aliphatic carbocycles. The molecule has 0 fully saturated rings. The molecule has 2 N–H and O–H groups in total. The number of amides is 2. The van der Waals surface area contributed by atoms with E-state index in [0.717, 1.165) is 16.7 Å². The van der Waals surface area contributed by atoms with Crippen LogP contribution in [0.2, 0.25) is 0 Å². The maximum Gasteiger partial charge on any atom is 0.306 e. The van der Waals surface area contributed by atoms with Gasteiger partial charge >= 0.3 is 5.97 Å². The number of nitrogens with one attached hydrogen (secondary N) is 2. The van der Waals surface area contributed by atoms with Gasteiger partial charge in [0, 0.05) is 19.4 Å². The van der Waals surface area contributed by atoms with Gasteiger partial charge < -0.3 is 15.4 Å². The number of aryl methyl sites for hydroxylation is 1. The molecule has 1 aliphatic heterocycles. The van der Waals surface area contributed by atoms with Gasteiger partial charge in [-0.15, -0.1) is 0 Å². The predicted molar refractivity (Wildman–Crippen MR) is 122 cm³/mol. The minimum absolute atomic E-state index is 0.0951. The molecule has 6 heteroatoms. The molecule has 2 aromatic rings. The summed E-state index contributed by atoms with van der Waals surface area (Å²) in [5.74, 6) is -1.18. The maximum atomic E-state index is 12.9. The number of carbonyl (C=O) groups is 3. The standard InChI is InChI=1S/C26H30N2O4/c1-19-12-14-20(15-13-19)17-27-24(29)16-22-10-6-3-7-11-25(30)32-23(18-28-26(22)31)21-8-4-2-5-9-21/h2-6,8-9,12-15,22-23H,7,10-11,16-18H2,1H3,(H,27,29)(H,28,31)/b6-3+/t22-,23-/m0/s1.